The first-order chi connectivity index (χ1) is 12.3. The highest BCUT2D eigenvalue weighted by Crippen LogP contribution is 2.23. The SMILES string of the molecule is Cc1cc2c(N3CCN(c4nccn5ccnc45)CC3)nccn2n1. The Balaban J connectivity index is 1.42. The Hall–Kier alpha value is -3.16. The first-order valence-electron chi connectivity index (χ1n) is 8.38. The van der Waals surface area contributed by atoms with Crippen molar-refractivity contribution in [1.29, 1.82) is 0 Å². The highest BCUT2D eigenvalue weighted by Gasteiger charge is 2.22. The maximum atomic E-state index is 4.60. The number of rotatable bonds is 2. The van der Waals surface area contributed by atoms with Crippen LogP contribution in [0.15, 0.2) is 43.2 Å². The summed E-state index contributed by atoms with van der Waals surface area (Å²) in [5, 5.41) is 4.48. The van der Waals surface area contributed by atoms with Gasteiger partial charge in [0.2, 0.25) is 0 Å². The minimum Gasteiger partial charge on any atom is -0.351 e. The summed E-state index contributed by atoms with van der Waals surface area (Å²) in [6.45, 7) is 5.55. The van der Waals surface area contributed by atoms with Crippen LogP contribution in [0.1, 0.15) is 5.69 Å². The molecule has 0 unspecified atom stereocenters. The molecule has 0 aliphatic carbocycles. The van der Waals surface area contributed by atoms with Gasteiger partial charge in [0.05, 0.1) is 5.69 Å². The molecule has 0 atom stereocenters. The van der Waals surface area contributed by atoms with Crippen LogP contribution in [0.4, 0.5) is 11.6 Å². The van der Waals surface area contributed by atoms with Gasteiger partial charge in [-0.3, -0.25) is 0 Å². The Bertz CT molecular complexity index is 1040. The smallest absolute Gasteiger partial charge is 0.180 e. The van der Waals surface area contributed by atoms with Crippen LogP contribution in [-0.2, 0) is 0 Å². The van der Waals surface area contributed by atoms with E-state index in [1.807, 2.05) is 53.0 Å². The van der Waals surface area contributed by atoms with Crippen LogP contribution in [0.3, 0.4) is 0 Å². The van der Waals surface area contributed by atoms with Gasteiger partial charge in [-0.05, 0) is 13.0 Å². The average Bonchev–Trinajstić information content (AvgIpc) is 3.26. The van der Waals surface area contributed by atoms with Crippen molar-refractivity contribution in [1.82, 2.24) is 29.0 Å². The molecule has 1 fully saturated rings. The van der Waals surface area contributed by atoms with Gasteiger partial charge < -0.3 is 14.2 Å². The Morgan fingerprint density at radius 1 is 0.800 bits per heavy atom. The number of imidazole rings is 1. The molecule has 0 amide bonds. The predicted molar refractivity (Wildman–Crippen MR) is 95.1 cm³/mol. The third-order valence-corrected chi connectivity index (χ3v) is 4.66. The van der Waals surface area contributed by atoms with Gasteiger partial charge >= 0.3 is 0 Å². The molecule has 8 heteroatoms. The van der Waals surface area contributed by atoms with Crippen LogP contribution in [0, 0.1) is 6.92 Å². The fourth-order valence-corrected chi connectivity index (χ4v) is 3.47. The second-order valence-electron chi connectivity index (χ2n) is 6.25. The highest BCUT2D eigenvalue weighted by molar-refractivity contribution is 5.70. The number of hydrogen-bond acceptors (Lipinski definition) is 6. The van der Waals surface area contributed by atoms with E-state index in [4.69, 9.17) is 0 Å². The lowest BCUT2D eigenvalue weighted by atomic mass is 10.3. The van der Waals surface area contributed by atoms with Crippen molar-refractivity contribution in [2.45, 2.75) is 6.92 Å². The number of hydrogen-bond donors (Lipinski definition) is 0. The lowest BCUT2D eigenvalue weighted by Gasteiger charge is -2.36. The quantitative estimate of drug-likeness (QED) is 0.552. The molecule has 1 aliphatic rings. The number of fused-ring (bicyclic) bond motifs is 2. The van der Waals surface area contributed by atoms with Crippen molar-refractivity contribution in [2.24, 2.45) is 0 Å². The summed E-state index contributed by atoms with van der Waals surface area (Å²) in [7, 11) is 0. The monoisotopic (exact) mass is 334 g/mol. The summed E-state index contributed by atoms with van der Waals surface area (Å²) in [4.78, 5) is 18.2. The largest absolute Gasteiger partial charge is 0.351 e. The van der Waals surface area contributed by atoms with Gasteiger partial charge in [0, 0.05) is 63.4 Å². The topological polar surface area (TPSA) is 66.9 Å². The van der Waals surface area contributed by atoms with Gasteiger partial charge in [-0.1, -0.05) is 0 Å². The van der Waals surface area contributed by atoms with Crippen molar-refractivity contribution in [3.63, 3.8) is 0 Å². The second kappa shape index (κ2) is 5.44. The van der Waals surface area contributed by atoms with Crippen LogP contribution in [0.2, 0.25) is 0 Å². The molecule has 1 aliphatic heterocycles. The average molecular weight is 334 g/mol. The van der Waals surface area contributed by atoms with Crippen molar-refractivity contribution in [3.8, 4) is 0 Å². The van der Waals surface area contributed by atoms with Crippen molar-refractivity contribution in [3.05, 3.63) is 48.9 Å². The first-order valence-corrected chi connectivity index (χ1v) is 8.38. The van der Waals surface area contributed by atoms with Gasteiger partial charge in [-0.2, -0.15) is 5.10 Å². The standard InChI is InChI=1S/C17H18N8/c1-13-12-14-15(18-4-7-25(14)21-13)23-8-10-24(11-9-23)17-16-19-2-5-22(16)6-3-20-17/h2-7,12H,8-11H2,1H3. The Morgan fingerprint density at radius 3 is 2.24 bits per heavy atom. The van der Waals surface area contributed by atoms with E-state index in [9.17, 15) is 0 Å². The van der Waals surface area contributed by atoms with Gasteiger partial charge in [0.15, 0.2) is 17.3 Å². The molecule has 5 rings (SSSR count). The lowest BCUT2D eigenvalue weighted by Crippen LogP contribution is -2.47. The van der Waals surface area contributed by atoms with E-state index >= 15 is 0 Å². The van der Waals surface area contributed by atoms with Crippen molar-refractivity contribution in [2.75, 3.05) is 36.0 Å². The number of piperazine rings is 1. The van der Waals surface area contributed by atoms with E-state index in [1.165, 1.54) is 0 Å². The Labute approximate surface area is 144 Å². The number of nitrogens with zero attached hydrogens (tertiary/aromatic N) is 8. The molecule has 5 heterocycles. The molecule has 0 aromatic carbocycles. The van der Waals surface area contributed by atoms with Crippen LogP contribution in [0.25, 0.3) is 11.2 Å². The summed E-state index contributed by atoms with van der Waals surface area (Å²) in [5.74, 6) is 1.94. The maximum absolute atomic E-state index is 4.60. The van der Waals surface area contributed by atoms with Crippen LogP contribution in [-0.4, -0.2) is 55.1 Å². The zero-order valence-electron chi connectivity index (χ0n) is 13.9. The van der Waals surface area contributed by atoms with E-state index in [0.717, 1.165) is 54.7 Å². The van der Waals surface area contributed by atoms with E-state index in [2.05, 4.69) is 35.9 Å². The second-order valence-corrected chi connectivity index (χ2v) is 6.25. The highest BCUT2D eigenvalue weighted by atomic mass is 15.3. The molecular weight excluding hydrogens is 316 g/mol. The van der Waals surface area contributed by atoms with E-state index in [0.29, 0.717) is 0 Å². The lowest BCUT2D eigenvalue weighted by molar-refractivity contribution is 0.642. The molecule has 4 aromatic heterocycles. The van der Waals surface area contributed by atoms with Crippen molar-refractivity contribution >= 4 is 22.8 Å². The molecule has 0 saturated carbocycles. The number of aromatic nitrogens is 6. The first kappa shape index (κ1) is 14.2. The van der Waals surface area contributed by atoms with Crippen LogP contribution < -0.4 is 9.80 Å². The Morgan fingerprint density at radius 2 is 1.44 bits per heavy atom. The molecule has 0 radical (unpaired) electrons. The summed E-state index contributed by atoms with van der Waals surface area (Å²) >= 11 is 0. The van der Waals surface area contributed by atoms with Gasteiger partial charge in [-0.25, -0.2) is 19.5 Å². The minimum atomic E-state index is 0.884. The normalized spacial score (nSPS) is 15.4. The van der Waals surface area contributed by atoms with Gasteiger partial charge in [0.25, 0.3) is 0 Å². The molecule has 25 heavy (non-hydrogen) atoms. The molecule has 0 N–H and O–H groups in total. The fraction of sp³-hybridized carbons (Fsp3) is 0.294. The predicted octanol–water partition coefficient (Wildman–Crippen LogP) is 1.41. The van der Waals surface area contributed by atoms with Gasteiger partial charge in [-0.15, -0.1) is 0 Å². The minimum absolute atomic E-state index is 0.884. The maximum Gasteiger partial charge on any atom is 0.180 e. The fourth-order valence-electron chi connectivity index (χ4n) is 3.47. The third kappa shape index (κ3) is 2.29. The molecular formula is C17H18N8. The van der Waals surface area contributed by atoms with Crippen LogP contribution >= 0.6 is 0 Å². The van der Waals surface area contributed by atoms with Crippen molar-refractivity contribution < 1.29 is 0 Å². The third-order valence-electron chi connectivity index (χ3n) is 4.66. The molecule has 4 aromatic rings. The number of aryl methyl sites for hydroxylation is 1. The zero-order valence-corrected chi connectivity index (χ0v) is 13.9. The van der Waals surface area contributed by atoms with Gasteiger partial charge in [0.1, 0.15) is 5.52 Å². The number of anilines is 2. The van der Waals surface area contributed by atoms with E-state index in [1.54, 1.807) is 0 Å². The Kier molecular flexibility index (Phi) is 3.09. The summed E-state index contributed by atoms with van der Waals surface area (Å²) < 4.78 is 3.91. The van der Waals surface area contributed by atoms with E-state index in [-0.39, 0.29) is 0 Å². The molecule has 8 nitrogen and oxygen atoms in total. The molecule has 0 bridgehead atoms. The summed E-state index contributed by atoms with van der Waals surface area (Å²) in [6.07, 6.45) is 11.2. The zero-order chi connectivity index (χ0) is 16.8. The summed E-state index contributed by atoms with van der Waals surface area (Å²) in [5.41, 5.74) is 2.97. The molecule has 1 saturated heterocycles. The van der Waals surface area contributed by atoms with E-state index < -0.39 is 0 Å². The molecule has 126 valence electrons. The summed E-state index contributed by atoms with van der Waals surface area (Å²) in [6, 6.07) is 2.08. The molecule has 0 spiro atoms. The van der Waals surface area contributed by atoms with Crippen LogP contribution in [0.5, 0.6) is 0 Å².